The molecule has 6 heteroatoms. The average Bonchev–Trinajstić information content (AvgIpc) is 2.99. The van der Waals surface area contributed by atoms with Crippen molar-refractivity contribution in [3.8, 4) is 0 Å². The van der Waals surface area contributed by atoms with Gasteiger partial charge >= 0.3 is 11.9 Å². The number of carbonyl (C=O) groups is 2. The van der Waals surface area contributed by atoms with Crippen molar-refractivity contribution >= 4 is 24.1 Å². The van der Waals surface area contributed by atoms with E-state index in [0.29, 0.717) is 13.2 Å². The first-order chi connectivity index (χ1) is 20.0. The number of rotatable bonds is 20. The molecule has 41 heavy (non-hydrogen) atoms. The molecular formula is C35H50O6. The highest BCUT2D eigenvalue weighted by molar-refractivity contribution is 5.91. The van der Waals surface area contributed by atoms with Crippen LogP contribution in [0.1, 0.15) is 102 Å². The van der Waals surface area contributed by atoms with Crippen LogP contribution < -0.4 is 0 Å². The van der Waals surface area contributed by atoms with Crippen molar-refractivity contribution in [2.75, 3.05) is 20.3 Å². The number of hydrogen-bond acceptors (Lipinski definition) is 5. The lowest BCUT2D eigenvalue weighted by Crippen LogP contribution is -2.10. The van der Waals surface area contributed by atoms with Crippen molar-refractivity contribution < 1.29 is 28.9 Å². The Morgan fingerprint density at radius 1 is 0.610 bits per heavy atom. The van der Waals surface area contributed by atoms with Crippen molar-refractivity contribution in [1.29, 1.82) is 0 Å². The zero-order valence-electron chi connectivity index (χ0n) is 25.3. The summed E-state index contributed by atoms with van der Waals surface area (Å²) in [6.45, 7) is 5.32. The van der Waals surface area contributed by atoms with Gasteiger partial charge in [0.1, 0.15) is 0 Å². The molecule has 0 saturated carbocycles. The van der Waals surface area contributed by atoms with Gasteiger partial charge in [-0.25, -0.2) is 9.59 Å². The van der Waals surface area contributed by atoms with E-state index in [9.17, 15) is 9.59 Å². The first kappa shape index (κ1) is 35.5. The molecule has 2 aromatic carbocycles. The number of aliphatic carboxylic acids is 1. The first-order valence-corrected chi connectivity index (χ1v) is 15.1. The van der Waals surface area contributed by atoms with Crippen LogP contribution in [0.25, 0.3) is 12.2 Å². The van der Waals surface area contributed by atoms with Crippen molar-refractivity contribution in [2.24, 2.45) is 0 Å². The number of ether oxygens (including phenoxy) is 3. The predicted octanol–water partition coefficient (Wildman–Crippen LogP) is 9.07. The SMILES string of the molecule is CCCCCCCCOC(=Cc1ccccc1)C(=O)O.CCCCCCCCOC(=O)C(=Cc1ccccc1)OC. The number of methoxy groups -OCH3 is 1. The molecule has 0 atom stereocenters. The fourth-order valence-corrected chi connectivity index (χ4v) is 3.95. The van der Waals surface area contributed by atoms with E-state index in [2.05, 4.69) is 13.8 Å². The van der Waals surface area contributed by atoms with Crippen LogP contribution in [0.3, 0.4) is 0 Å². The molecule has 0 radical (unpaired) electrons. The molecule has 0 fully saturated rings. The van der Waals surface area contributed by atoms with Crippen molar-refractivity contribution in [3.63, 3.8) is 0 Å². The minimum atomic E-state index is -1.01. The lowest BCUT2D eigenvalue weighted by atomic mass is 10.1. The molecule has 0 aliphatic heterocycles. The molecule has 2 rings (SSSR count). The molecule has 0 aromatic heterocycles. The summed E-state index contributed by atoms with van der Waals surface area (Å²) in [5.74, 6) is -1.15. The van der Waals surface area contributed by atoms with Gasteiger partial charge in [0.05, 0.1) is 20.3 Å². The maximum atomic E-state index is 11.9. The molecule has 226 valence electrons. The highest BCUT2D eigenvalue weighted by Gasteiger charge is 2.11. The molecule has 0 heterocycles. The third kappa shape index (κ3) is 18.4. The number of unbranched alkanes of at least 4 members (excludes halogenated alkanes) is 10. The third-order valence-corrected chi connectivity index (χ3v) is 6.31. The van der Waals surface area contributed by atoms with E-state index in [4.69, 9.17) is 19.3 Å². The molecule has 0 aliphatic rings. The molecule has 1 N–H and O–H groups in total. The Balaban J connectivity index is 0.000000410. The Labute approximate surface area is 247 Å². The predicted molar refractivity (Wildman–Crippen MR) is 167 cm³/mol. The minimum absolute atomic E-state index is 0.0183. The Kier molecular flexibility index (Phi) is 21.0. The second kappa shape index (κ2) is 24.3. The van der Waals surface area contributed by atoms with Gasteiger partial charge in [-0.1, -0.05) is 139 Å². The van der Waals surface area contributed by atoms with Crippen LogP contribution in [0.15, 0.2) is 72.2 Å². The van der Waals surface area contributed by atoms with Gasteiger partial charge in [0.15, 0.2) is 0 Å². The summed E-state index contributed by atoms with van der Waals surface area (Å²) in [7, 11) is 1.49. The second-order valence-electron chi connectivity index (χ2n) is 9.87. The van der Waals surface area contributed by atoms with Crippen LogP contribution in [0.4, 0.5) is 0 Å². The Morgan fingerprint density at radius 3 is 1.46 bits per heavy atom. The number of esters is 1. The summed E-state index contributed by atoms with van der Waals surface area (Å²) in [5.41, 5.74) is 1.76. The smallest absolute Gasteiger partial charge is 0.373 e. The summed E-state index contributed by atoms with van der Waals surface area (Å²) < 4.78 is 15.7. The maximum Gasteiger partial charge on any atom is 0.373 e. The highest BCUT2D eigenvalue weighted by atomic mass is 16.6. The number of benzene rings is 2. The summed E-state index contributed by atoms with van der Waals surface area (Å²) in [4.78, 5) is 23.0. The normalized spacial score (nSPS) is 11.3. The zero-order valence-corrected chi connectivity index (χ0v) is 25.3. The van der Waals surface area contributed by atoms with E-state index in [1.54, 1.807) is 12.2 Å². The fraction of sp³-hybridized carbons (Fsp3) is 0.486. The van der Waals surface area contributed by atoms with E-state index in [-0.39, 0.29) is 11.5 Å². The summed E-state index contributed by atoms with van der Waals surface area (Å²) >= 11 is 0. The molecular weight excluding hydrogens is 516 g/mol. The molecule has 0 unspecified atom stereocenters. The number of hydrogen-bond donors (Lipinski definition) is 1. The van der Waals surface area contributed by atoms with Crippen LogP contribution in [0, 0.1) is 0 Å². The summed E-state index contributed by atoms with van der Waals surface area (Å²) in [6, 6.07) is 19.0. The maximum absolute atomic E-state index is 11.9. The van der Waals surface area contributed by atoms with Crippen molar-refractivity contribution in [3.05, 3.63) is 83.3 Å². The van der Waals surface area contributed by atoms with Crippen LogP contribution in [0.5, 0.6) is 0 Å². The van der Waals surface area contributed by atoms with Gasteiger partial charge in [-0.2, -0.15) is 0 Å². The van der Waals surface area contributed by atoms with Gasteiger partial charge in [-0.3, -0.25) is 0 Å². The monoisotopic (exact) mass is 566 g/mol. The first-order valence-electron chi connectivity index (χ1n) is 15.1. The molecule has 2 aromatic rings. The van der Waals surface area contributed by atoms with Crippen molar-refractivity contribution in [1.82, 2.24) is 0 Å². The van der Waals surface area contributed by atoms with Gasteiger partial charge in [-0.05, 0) is 36.1 Å². The standard InChI is InChI=1S/C18H26O3.C17H24O3/c1-3-4-5-6-7-11-14-21-18(19)17(20-2)15-16-12-9-8-10-13-16;1-2-3-4-5-6-10-13-20-16(17(18)19)14-15-11-8-7-9-12-15/h8-10,12-13,15H,3-7,11,14H2,1-2H3;7-9,11-12,14H,2-6,10,13H2,1H3,(H,18,19). The van der Waals surface area contributed by atoms with Gasteiger partial charge < -0.3 is 19.3 Å². The van der Waals surface area contributed by atoms with Gasteiger partial charge in [0, 0.05) is 0 Å². The fourth-order valence-electron chi connectivity index (χ4n) is 3.95. The highest BCUT2D eigenvalue weighted by Crippen LogP contribution is 2.12. The lowest BCUT2D eigenvalue weighted by molar-refractivity contribution is -0.142. The molecule has 0 aliphatic carbocycles. The van der Waals surface area contributed by atoms with E-state index in [0.717, 1.165) is 36.8 Å². The third-order valence-electron chi connectivity index (χ3n) is 6.31. The van der Waals surface area contributed by atoms with E-state index < -0.39 is 11.9 Å². The molecule has 0 saturated heterocycles. The van der Waals surface area contributed by atoms with Crippen LogP contribution >= 0.6 is 0 Å². The summed E-state index contributed by atoms with van der Waals surface area (Å²) in [6.07, 6.45) is 17.3. The topological polar surface area (TPSA) is 82.1 Å². The van der Waals surface area contributed by atoms with Crippen LogP contribution in [0.2, 0.25) is 0 Å². The van der Waals surface area contributed by atoms with E-state index in [1.165, 1.54) is 58.5 Å². The number of carbonyl (C=O) groups excluding carboxylic acids is 1. The summed E-state index contributed by atoms with van der Waals surface area (Å²) in [5, 5.41) is 9.11. The van der Waals surface area contributed by atoms with Crippen molar-refractivity contribution in [2.45, 2.75) is 90.9 Å². The van der Waals surface area contributed by atoms with Gasteiger partial charge in [-0.15, -0.1) is 0 Å². The van der Waals surface area contributed by atoms with Gasteiger partial charge in [0.25, 0.3) is 0 Å². The Hall–Kier alpha value is -3.54. The minimum Gasteiger partial charge on any atom is -0.490 e. The quantitative estimate of drug-likeness (QED) is 0.0745. The number of carboxylic acid groups (broad SMARTS) is 1. The van der Waals surface area contributed by atoms with E-state index in [1.807, 2.05) is 60.7 Å². The zero-order chi connectivity index (χ0) is 30.0. The molecule has 0 spiro atoms. The van der Waals surface area contributed by atoms with E-state index >= 15 is 0 Å². The molecule has 6 nitrogen and oxygen atoms in total. The lowest BCUT2D eigenvalue weighted by Gasteiger charge is -2.07. The van der Waals surface area contributed by atoms with Crippen LogP contribution in [-0.2, 0) is 23.8 Å². The molecule has 0 amide bonds. The Morgan fingerprint density at radius 2 is 1.02 bits per heavy atom. The number of carboxylic acids is 1. The van der Waals surface area contributed by atoms with Crippen LogP contribution in [-0.4, -0.2) is 37.4 Å². The average molecular weight is 567 g/mol. The Bertz CT molecular complexity index is 998. The van der Waals surface area contributed by atoms with Gasteiger partial charge in [0.2, 0.25) is 11.5 Å². The molecule has 0 bridgehead atoms. The second-order valence-corrected chi connectivity index (χ2v) is 9.87. The largest absolute Gasteiger partial charge is 0.490 e.